The summed E-state index contributed by atoms with van der Waals surface area (Å²) in [5.74, 6) is -0.625. The van der Waals surface area contributed by atoms with Crippen molar-refractivity contribution in [2.45, 2.75) is 31.7 Å². The molecule has 8 nitrogen and oxygen atoms in total. The van der Waals surface area contributed by atoms with Crippen LogP contribution in [0.25, 0.3) is 0 Å². The second-order valence-electron chi connectivity index (χ2n) is 9.11. The highest BCUT2D eigenvalue weighted by atomic mass is 16.5. The van der Waals surface area contributed by atoms with E-state index in [-0.39, 0.29) is 37.1 Å². The Bertz CT molecular complexity index is 1040. The van der Waals surface area contributed by atoms with Gasteiger partial charge >= 0.3 is 0 Å². The summed E-state index contributed by atoms with van der Waals surface area (Å²) in [6.07, 6.45) is 3.28. The van der Waals surface area contributed by atoms with Gasteiger partial charge < -0.3 is 9.64 Å². The molecule has 34 heavy (non-hydrogen) atoms. The largest absolute Gasteiger partial charge is 0.383 e. The van der Waals surface area contributed by atoms with Crippen LogP contribution in [0.5, 0.6) is 0 Å². The van der Waals surface area contributed by atoms with Crippen LogP contribution in [-0.4, -0.2) is 83.8 Å². The Labute approximate surface area is 200 Å². The zero-order valence-electron chi connectivity index (χ0n) is 19.9. The van der Waals surface area contributed by atoms with Crippen LogP contribution in [0.15, 0.2) is 48.8 Å². The maximum absolute atomic E-state index is 13.9. The van der Waals surface area contributed by atoms with Gasteiger partial charge in [0.1, 0.15) is 0 Å². The molecular formula is C26H32N4O4. The van der Waals surface area contributed by atoms with E-state index < -0.39 is 5.41 Å². The second kappa shape index (κ2) is 10.4. The maximum Gasteiger partial charge on any atom is 0.241 e. The van der Waals surface area contributed by atoms with Crippen molar-refractivity contribution in [1.29, 1.82) is 0 Å². The van der Waals surface area contributed by atoms with Crippen molar-refractivity contribution in [2.24, 2.45) is 0 Å². The first kappa shape index (κ1) is 24.0. The summed E-state index contributed by atoms with van der Waals surface area (Å²) >= 11 is 0. The molecule has 2 fully saturated rings. The van der Waals surface area contributed by atoms with Crippen LogP contribution in [0.4, 0.5) is 0 Å². The molecule has 0 spiro atoms. The fraction of sp³-hybridized carbons (Fsp3) is 0.462. The molecule has 0 N–H and O–H groups in total. The number of carbonyl (C=O) groups is 3. The molecule has 0 aliphatic carbocycles. The molecule has 1 aromatic heterocycles. The van der Waals surface area contributed by atoms with Gasteiger partial charge in [-0.3, -0.25) is 29.2 Å². The lowest BCUT2D eigenvalue weighted by Gasteiger charge is -2.37. The summed E-state index contributed by atoms with van der Waals surface area (Å²) in [4.78, 5) is 49.9. The number of pyridine rings is 1. The van der Waals surface area contributed by atoms with Crippen molar-refractivity contribution < 1.29 is 19.1 Å². The highest BCUT2D eigenvalue weighted by Gasteiger charge is 2.54. The lowest BCUT2D eigenvalue weighted by Crippen LogP contribution is -2.51. The molecular weight excluding hydrogens is 432 g/mol. The van der Waals surface area contributed by atoms with Gasteiger partial charge in [0.25, 0.3) is 0 Å². The normalized spacial score (nSPS) is 21.4. The highest BCUT2D eigenvalue weighted by molar-refractivity contribution is 6.10. The SMILES string of the molecule is COCCN1CCN(C(=O)C[C@]2(c3ccccc3C)CC(=O)N(Cc3ccncc3)C2=O)CC1. The van der Waals surface area contributed by atoms with E-state index in [1.807, 2.05) is 36.1 Å². The first-order chi connectivity index (χ1) is 16.4. The number of rotatable bonds is 8. The number of amides is 3. The van der Waals surface area contributed by atoms with E-state index >= 15 is 0 Å². The minimum atomic E-state index is -1.18. The van der Waals surface area contributed by atoms with Gasteiger partial charge in [0, 0.05) is 65.1 Å². The van der Waals surface area contributed by atoms with Crippen LogP contribution >= 0.6 is 0 Å². The standard InChI is InChI=1S/C26H32N4O4/c1-20-5-3-4-6-22(20)26(17-23(31)29-13-11-28(12-14-29)15-16-34-2)18-24(32)30(25(26)33)19-21-7-9-27-10-8-21/h3-10H,11-19H2,1-2H3/t26-/m1/s1. The number of imide groups is 1. The van der Waals surface area contributed by atoms with Gasteiger partial charge in [0.2, 0.25) is 17.7 Å². The van der Waals surface area contributed by atoms with Crippen molar-refractivity contribution >= 4 is 17.7 Å². The van der Waals surface area contributed by atoms with E-state index in [0.29, 0.717) is 19.7 Å². The van der Waals surface area contributed by atoms with E-state index in [0.717, 1.165) is 36.3 Å². The molecule has 0 unspecified atom stereocenters. The van der Waals surface area contributed by atoms with Gasteiger partial charge in [0.05, 0.1) is 18.6 Å². The molecule has 0 radical (unpaired) electrons. The zero-order valence-corrected chi connectivity index (χ0v) is 19.9. The van der Waals surface area contributed by atoms with Gasteiger partial charge in [0.15, 0.2) is 0 Å². The van der Waals surface area contributed by atoms with Crippen molar-refractivity contribution in [1.82, 2.24) is 19.7 Å². The number of piperazine rings is 1. The smallest absolute Gasteiger partial charge is 0.241 e. The average molecular weight is 465 g/mol. The lowest BCUT2D eigenvalue weighted by atomic mass is 9.74. The number of aromatic nitrogens is 1. The molecule has 4 rings (SSSR count). The van der Waals surface area contributed by atoms with E-state index in [2.05, 4.69) is 9.88 Å². The fourth-order valence-corrected chi connectivity index (χ4v) is 5.00. The number of likely N-dealkylation sites (tertiary alicyclic amines) is 1. The summed E-state index contributed by atoms with van der Waals surface area (Å²) < 4.78 is 5.16. The van der Waals surface area contributed by atoms with Gasteiger partial charge in [-0.25, -0.2) is 0 Å². The Morgan fingerprint density at radius 1 is 1.06 bits per heavy atom. The third kappa shape index (κ3) is 4.88. The molecule has 2 saturated heterocycles. The second-order valence-corrected chi connectivity index (χ2v) is 9.11. The van der Waals surface area contributed by atoms with Crippen molar-refractivity contribution in [3.63, 3.8) is 0 Å². The fourth-order valence-electron chi connectivity index (χ4n) is 5.00. The number of hydrogen-bond donors (Lipinski definition) is 0. The first-order valence-electron chi connectivity index (χ1n) is 11.7. The van der Waals surface area contributed by atoms with E-state index in [1.54, 1.807) is 31.6 Å². The van der Waals surface area contributed by atoms with Crippen molar-refractivity contribution in [3.05, 3.63) is 65.5 Å². The first-order valence-corrected chi connectivity index (χ1v) is 11.7. The van der Waals surface area contributed by atoms with Crippen LogP contribution in [0.2, 0.25) is 0 Å². The van der Waals surface area contributed by atoms with Crippen molar-refractivity contribution in [3.8, 4) is 0 Å². The third-order valence-corrected chi connectivity index (χ3v) is 6.95. The molecule has 0 bridgehead atoms. The summed E-state index contributed by atoms with van der Waals surface area (Å²) in [6.45, 7) is 6.36. The van der Waals surface area contributed by atoms with Crippen LogP contribution in [-0.2, 0) is 31.1 Å². The monoisotopic (exact) mass is 464 g/mol. The maximum atomic E-state index is 13.9. The number of benzene rings is 1. The lowest BCUT2D eigenvalue weighted by molar-refractivity contribution is -0.143. The van der Waals surface area contributed by atoms with Gasteiger partial charge in [-0.2, -0.15) is 0 Å². The van der Waals surface area contributed by atoms with Crippen LogP contribution in [0.3, 0.4) is 0 Å². The molecule has 1 aromatic carbocycles. The van der Waals surface area contributed by atoms with E-state index in [1.165, 1.54) is 4.90 Å². The molecule has 2 aromatic rings. The number of methoxy groups -OCH3 is 1. The molecule has 2 aliphatic rings. The Morgan fingerprint density at radius 3 is 2.44 bits per heavy atom. The van der Waals surface area contributed by atoms with Gasteiger partial charge in [-0.05, 0) is 35.7 Å². The summed E-state index contributed by atoms with van der Waals surface area (Å²) in [5.41, 5.74) is 1.32. The Balaban J connectivity index is 1.57. The van der Waals surface area contributed by atoms with Crippen molar-refractivity contribution in [2.75, 3.05) is 46.4 Å². The molecule has 8 heteroatoms. The number of ether oxygens (including phenoxy) is 1. The Kier molecular flexibility index (Phi) is 7.38. The van der Waals surface area contributed by atoms with Gasteiger partial charge in [-0.1, -0.05) is 24.3 Å². The topological polar surface area (TPSA) is 83.1 Å². The molecule has 2 aliphatic heterocycles. The van der Waals surface area contributed by atoms with E-state index in [9.17, 15) is 14.4 Å². The predicted octanol–water partition coefficient (Wildman–Crippen LogP) is 1.77. The molecule has 0 saturated carbocycles. The zero-order chi connectivity index (χ0) is 24.1. The minimum Gasteiger partial charge on any atom is -0.383 e. The van der Waals surface area contributed by atoms with E-state index in [4.69, 9.17) is 4.74 Å². The quantitative estimate of drug-likeness (QED) is 0.554. The number of carbonyl (C=O) groups excluding carboxylic acids is 3. The average Bonchev–Trinajstić information content (AvgIpc) is 3.08. The Morgan fingerprint density at radius 2 is 1.76 bits per heavy atom. The summed E-state index contributed by atoms with van der Waals surface area (Å²) in [6, 6.07) is 11.2. The molecule has 3 amide bonds. The third-order valence-electron chi connectivity index (χ3n) is 6.95. The number of hydrogen-bond acceptors (Lipinski definition) is 6. The Hall–Kier alpha value is -3.10. The number of nitrogens with zero attached hydrogens (tertiary/aromatic N) is 4. The van der Waals surface area contributed by atoms with Crippen LogP contribution in [0.1, 0.15) is 29.5 Å². The van der Waals surface area contributed by atoms with Crippen LogP contribution < -0.4 is 0 Å². The summed E-state index contributed by atoms with van der Waals surface area (Å²) in [7, 11) is 1.68. The molecule has 180 valence electrons. The summed E-state index contributed by atoms with van der Waals surface area (Å²) in [5, 5.41) is 0. The molecule has 1 atom stereocenters. The number of aryl methyl sites for hydroxylation is 1. The predicted molar refractivity (Wildman–Crippen MR) is 127 cm³/mol. The molecule has 3 heterocycles. The highest BCUT2D eigenvalue weighted by Crippen LogP contribution is 2.42. The minimum absolute atomic E-state index is 0.00130. The van der Waals surface area contributed by atoms with Crippen LogP contribution in [0, 0.1) is 6.92 Å². The van der Waals surface area contributed by atoms with Gasteiger partial charge in [-0.15, -0.1) is 0 Å².